The number of hydrogen-bond acceptors (Lipinski definition) is 6. The van der Waals surface area contributed by atoms with Crippen molar-refractivity contribution in [3.8, 4) is 0 Å². The summed E-state index contributed by atoms with van der Waals surface area (Å²) in [5.74, 6) is 0. The van der Waals surface area contributed by atoms with Crippen LogP contribution >= 0.6 is 0 Å². The molecule has 0 heterocycles. The molecule has 0 aromatic heterocycles. The maximum Gasteiger partial charge on any atom is 0.407 e. The van der Waals surface area contributed by atoms with Gasteiger partial charge in [0.15, 0.2) is 0 Å². The van der Waals surface area contributed by atoms with Crippen LogP contribution in [0, 0.1) is 0 Å². The highest BCUT2D eigenvalue weighted by molar-refractivity contribution is 5.67. The lowest BCUT2D eigenvalue weighted by molar-refractivity contribution is 0.0272. The van der Waals surface area contributed by atoms with Gasteiger partial charge in [0.05, 0.1) is 33.0 Å². The Hall–Kier alpha value is -1.83. The first-order valence-corrected chi connectivity index (χ1v) is 9.35. The Bertz CT molecular complexity index is 531. The Morgan fingerprint density at radius 2 is 1.63 bits per heavy atom. The standard InChI is InChI=1S/C20H34N2O5/c1-20(2,3)27-19(23)22-10-9-17-7-5-6-8-18(17)21-11-12-25-15-16-26-14-13-24-4/h5-8,21H,9-16H2,1-4H3,(H,22,23). The SMILES string of the molecule is COCCOCCOCCNc1ccccc1CCNC(=O)OC(C)(C)C. The number of methoxy groups -OCH3 is 1. The minimum Gasteiger partial charge on any atom is -0.444 e. The van der Waals surface area contributed by atoms with Crippen molar-refractivity contribution in [3.63, 3.8) is 0 Å². The first-order valence-electron chi connectivity index (χ1n) is 9.35. The van der Waals surface area contributed by atoms with Crippen LogP contribution in [0.25, 0.3) is 0 Å². The van der Waals surface area contributed by atoms with E-state index in [0.29, 0.717) is 46.1 Å². The van der Waals surface area contributed by atoms with Gasteiger partial charge in [0.25, 0.3) is 0 Å². The van der Waals surface area contributed by atoms with Crippen LogP contribution in [0.3, 0.4) is 0 Å². The molecule has 154 valence electrons. The predicted molar refractivity (Wildman–Crippen MR) is 106 cm³/mol. The first-order chi connectivity index (χ1) is 12.9. The molecule has 0 radical (unpaired) electrons. The lowest BCUT2D eigenvalue weighted by Gasteiger charge is -2.20. The molecule has 1 aromatic carbocycles. The number of benzene rings is 1. The van der Waals surface area contributed by atoms with Gasteiger partial charge in [0.1, 0.15) is 5.60 Å². The summed E-state index contributed by atoms with van der Waals surface area (Å²) in [5, 5.41) is 6.15. The highest BCUT2D eigenvalue weighted by Crippen LogP contribution is 2.15. The fraction of sp³-hybridized carbons (Fsp3) is 0.650. The molecule has 0 unspecified atom stereocenters. The molecule has 0 aliphatic carbocycles. The van der Waals surface area contributed by atoms with Crippen LogP contribution in [0.1, 0.15) is 26.3 Å². The van der Waals surface area contributed by atoms with Crippen molar-refractivity contribution in [2.45, 2.75) is 32.8 Å². The van der Waals surface area contributed by atoms with Crippen LogP contribution in [-0.2, 0) is 25.4 Å². The summed E-state index contributed by atoms with van der Waals surface area (Å²) >= 11 is 0. The molecule has 0 atom stereocenters. The van der Waals surface area contributed by atoms with Crippen molar-refractivity contribution in [1.82, 2.24) is 5.32 Å². The third-order valence-electron chi connectivity index (χ3n) is 3.45. The second-order valence-corrected chi connectivity index (χ2v) is 6.98. The highest BCUT2D eigenvalue weighted by Gasteiger charge is 2.15. The summed E-state index contributed by atoms with van der Waals surface area (Å²) in [6, 6.07) is 8.04. The average Bonchev–Trinajstić information content (AvgIpc) is 2.60. The zero-order valence-electron chi connectivity index (χ0n) is 17.0. The number of carbonyl (C=O) groups is 1. The van der Waals surface area contributed by atoms with Crippen LogP contribution in [0.2, 0.25) is 0 Å². The number of hydrogen-bond donors (Lipinski definition) is 2. The Balaban J connectivity index is 2.22. The van der Waals surface area contributed by atoms with E-state index >= 15 is 0 Å². The van der Waals surface area contributed by atoms with Crippen LogP contribution < -0.4 is 10.6 Å². The summed E-state index contributed by atoms with van der Waals surface area (Å²) < 4.78 is 21.0. The molecule has 0 saturated heterocycles. The largest absolute Gasteiger partial charge is 0.444 e. The Labute approximate surface area is 162 Å². The Morgan fingerprint density at radius 3 is 2.33 bits per heavy atom. The lowest BCUT2D eigenvalue weighted by atomic mass is 10.1. The highest BCUT2D eigenvalue weighted by atomic mass is 16.6. The van der Waals surface area contributed by atoms with E-state index in [1.54, 1.807) is 7.11 Å². The molecule has 7 heteroatoms. The van der Waals surface area contributed by atoms with Gasteiger partial charge < -0.3 is 29.6 Å². The molecule has 1 rings (SSSR count). The molecule has 27 heavy (non-hydrogen) atoms. The number of carbonyl (C=O) groups excluding carboxylic acids is 1. The van der Waals surface area contributed by atoms with Gasteiger partial charge in [-0.15, -0.1) is 0 Å². The van der Waals surface area contributed by atoms with Crippen molar-refractivity contribution >= 4 is 11.8 Å². The molecule has 0 saturated carbocycles. The van der Waals surface area contributed by atoms with E-state index in [4.69, 9.17) is 18.9 Å². The monoisotopic (exact) mass is 382 g/mol. The second kappa shape index (κ2) is 13.4. The van der Waals surface area contributed by atoms with E-state index < -0.39 is 11.7 Å². The van der Waals surface area contributed by atoms with Gasteiger partial charge in [-0.05, 0) is 38.8 Å². The van der Waals surface area contributed by atoms with Crippen molar-refractivity contribution in [3.05, 3.63) is 29.8 Å². The van der Waals surface area contributed by atoms with E-state index in [9.17, 15) is 4.79 Å². The normalized spacial score (nSPS) is 11.3. The molecule has 2 N–H and O–H groups in total. The zero-order valence-corrected chi connectivity index (χ0v) is 17.0. The number of para-hydroxylation sites is 1. The molecule has 7 nitrogen and oxygen atoms in total. The Morgan fingerprint density at radius 1 is 0.963 bits per heavy atom. The van der Waals surface area contributed by atoms with Crippen molar-refractivity contribution < 1.29 is 23.7 Å². The first kappa shape index (κ1) is 23.2. The van der Waals surface area contributed by atoms with E-state index in [1.165, 1.54) is 0 Å². The molecule has 0 aliphatic heterocycles. The maximum absolute atomic E-state index is 11.7. The van der Waals surface area contributed by atoms with Gasteiger partial charge in [0.2, 0.25) is 0 Å². The quantitative estimate of drug-likeness (QED) is 0.511. The zero-order chi connectivity index (χ0) is 20.0. The number of anilines is 1. The van der Waals surface area contributed by atoms with Crippen molar-refractivity contribution in [1.29, 1.82) is 0 Å². The van der Waals surface area contributed by atoms with Gasteiger partial charge in [0, 0.05) is 25.9 Å². The van der Waals surface area contributed by atoms with Gasteiger partial charge >= 0.3 is 6.09 Å². The van der Waals surface area contributed by atoms with Crippen LogP contribution in [0.15, 0.2) is 24.3 Å². The van der Waals surface area contributed by atoms with Crippen LogP contribution in [-0.4, -0.2) is 64.9 Å². The molecular formula is C20H34N2O5. The summed E-state index contributed by atoms with van der Waals surface area (Å²) in [6.45, 7) is 9.67. The topological polar surface area (TPSA) is 78.0 Å². The van der Waals surface area contributed by atoms with Gasteiger partial charge in [-0.25, -0.2) is 4.79 Å². The third kappa shape index (κ3) is 12.2. The van der Waals surface area contributed by atoms with Crippen molar-refractivity contribution in [2.24, 2.45) is 0 Å². The number of amides is 1. The molecule has 0 bridgehead atoms. The summed E-state index contributed by atoms with van der Waals surface area (Å²) in [4.78, 5) is 11.7. The fourth-order valence-electron chi connectivity index (χ4n) is 2.25. The minimum absolute atomic E-state index is 0.394. The number of alkyl carbamates (subject to hydrolysis) is 1. The third-order valence-corrected chi connectivity index (χ3v) is 3.45. The number of ether oxygens (including phenoxy) is 4. The van der Waals surface area contributed by atoms with E-state index in [1.807, 2.05) is 45.0 Å². The Kier molecular flexibility index (Phi) is 11.5. The summed E-state index contributed by atoms with van der Waals surface area (Å²) in [6.07, 6.45) is 0.324. The molecule has 1 amide bonds. The van der Waals surface area contributed by atoms with Crippen LogP contribution in [0.5, 0.6) is 0 Å². The van der Waals surface area contributed by atoms with E-state index in [-0.39, 0.29) is 0 Å². The summed E-state index contributed by atoms with van der Waals surface area (Å²) in [5.41, 5.74) is 1.69. The average molecular weight is 383 g/mol. The van der Waals surface area contributed by atoms with E-state index in [0.717, 1.165) is 17.7 Å². The molecule has 0 spiro atoms. The number of nitrogens with one attached hydrogen (secondary N) is 2. The van der Waals surface area contributed by atoms with Gasteiger partial charge in [-0.2, -0.15) is 0 Å². The molecular weight excluding hydrogens is 348 g/mol. The van der Waals surface area contributed by atoms with E-state index in [2.05, 4.69) is 10.6 Å². The van der Waals surface area contributed by atoms with Gasteiger partial charge in [-0.3, -0.25) is 0 Å². The molecule has 0 fully saturated rings. The maximum atomic E-state index is 11.7. The molecule has 1 aromatic rings. The predicted octanol–water partition coefficient (Wildman–Crippen LogP) is 2.85. The smallest absolute Gasteiger partial charge is 0.407 e. The van der Waals surface area contributed by atoms with Gasteiger partial charge in [-0.1, -0.05) is 18.2 Å². The lowest BCUT2D eigenvalue weighted by Crippen LogP contribution is -2.33. The second-order valence-electron chi connectivity index (χ2n) is 6.98. The minimum atomic E-state index is -0.488. The summed E-state index contributed by atoms with van der Waals surface area (Å²) in [7, 11) is 1.65. The fourth-order valence-corrected chi connectivity index (χ4v) is 2.25. The van der Waals surface area contributed by atoms with Crippen LogP contribution in [0.4, 0.5) is 10.5 Å². The van der Waals surface area contributed by atoms with Crippen molar-refractivity contribution in [2.75, 3.05) is 58.6 Å². The number of rotatable bonds is 13. The molecule has 0 aliphatic rings.